The molecule has 2 saturated heterocycles. The maximum Gasteiger partial charge on any atom is 0.490 e. The molecular weight excluding hydrogens is 439 g/mol. The minimum atomic E-state index is -5.08. The number of carbonyl (C=O) groups is 2. The lowest BCUT2D eigenvalue weighted by Crippen LogP contribution is -2.36. The Labute approximate surface area is 189 Å². The van der Waals surface area contributed by atoms with E-state index in [1.165, 1.54) is 0 Å². The highest BCUT2D eigenvalue weighted by molar-refractivity contribution is 5.85. The topological polar surface area (TPSA) is 83.0 Å². The molecule has 7 nitrogen and oxygen atoms in total. The van der Waals surface area contributed by atoms with Gasteiger partial charge in [0, 0.05) is 32.4 Å². The third-order valence-corrected chi connectivity index (χ3v) is 5.90. The Balaban J connectivity index is 0.000000383. The van der Waals surface area contributed by atoms with Gasteiger partial charge in [-0.2, -0.15) is 13.2 Å². The van der Waals surface area contributed by atoms with Gasteiger partial charge in [-0.25, -0.2) is 4.79 Å². The van der Waals surface area contributed by atoms with E-state index in [2.05, 4.69) is 22.0 Å². The molecule has 1 unspecified atom stereocenters. The highest BCUT2D eigenvalue weighted by atomic mass is 19.4. The first kappa shape index (κ1) is 24.5. The quantitative estimate of drug-likeness (QED) is 0.729. The Morgan fingerprint density at radius 3 is 2.52 bits per heavy atom. The predicted molar refractivity (Wildman–Crippen MR) is 113 cm³/mol. The van der Waals surface area contributed by atoms with Gasteiger partial charge in [0.05, 0.1) is 18.2 Å². The molecule has 1 spiro atoms. The van der Waals surface area contributed by atoms with Crippen molar-refractivity contribution in [1.29, 1.82) is 0 Å². The summed E-state index contributed by atoms with van der Waals surface area (Å²) >= 11 is 0. The molecule has 1 atom stereocenters. The molecule has 10 heteroatoms. The van der Waals surface area contributed by atoms with Crippen LogP contribution in [0.25, 0.3) is 0 Å². The zero-order valence-corrected chi connectivity index (χ0v) is 18.2. The van der Waals surface area contributed by atoms with Gasteiger partial charge in [0.25, 0.3) is 0 Å². The van der Waals surface area contributed by atoms with Crippen LogP contribution in [0.1, 0.15) is 24.1 Å². The van der Waals surface area contributed by atoms with Crippen molar-refractivity contribution < 1.29 is 32.6 Å². The van der Waals surface area contributed by atoms with Crippen molar-refractivity contribution in [1.82, 2.24) is 14.8 Å². The van der Waals surface area contributed by atoms with E-state index in [0.717, 1.165) is 56.0 Å². The number of ether oxygens (including phenoxy) is 1. The second-order valence-electron chi connectivity index (χ2n) is 8.19. The molecule has 2 aliphatic heterocycles. The number of carboxylic acid groups (broad SMARTS) is 1. The smallest absolute Gasteiger partial charge is 0.490 e. The number of carbonyl (C=O) groups excluding carboxylic acids is 1. The SMILES string of the molecule is COc1cccc(CN2CCC3(CCN(Cc4ccccn4)C3)C2=O)c1.O=C(O)C(F)(F)F. The minimum Gasteiger partial charge on any atom is -0.497 e. The van der Waals surface area contributed by atoms with Crippen molar-refractivity contribution in [2.75, 3.05) is 26.7 Å². The number of alkyl halides is 3. The highest BCUT2D eigenvalue weighted by Crippen LogP contribution is 2.41. The van der Waals surface area contributed by atoms with E-state index in [-0.39, 0.29) is 5.41 Å². The van der Waals surface area contributed by atoms with Gasteiger partial charge in [-0.05, 0) is 49.2 Å². The van der Waals surface area contributed by atoms with E-state index in [1.54, 1.807) is 7.11 Å². The molecule has 3 heterocycles. The number of nitrogens with zero attached hydrogens (tertiary/aromatic N) is 3. The molecule has 1 amide bonds. The summed E-state index contributed by atoms with van der Waals surface area (Å²) in [6, 6.07) is 14.0. The standard InChI is InChI=1S/C21H25N3O2.C2HF3O2/c1-26-19-7-4-5-17(13-19)14-24-12-9-21(20(24)25)8-11-23(16-21)15-18-6-2-3-10-22-18;3-2(4,5)1(6)7/h2-7,10,13H,8-9,11-12,14-16H2,1H3;(H,6,7). The number of hydrogen-bond donors (Lipinski definition) is 1. The lowest BCUT2D eigenvalue weighted by molar-refractivity contribution is -0.192. The summed E-state index contributed by atoms with van der Waals surface area (Å²) in [5.41, 5.74) is 1.99. The van der Waals surface area contributed by atoms with Crippen LogP contribution in [-0.2, 0) is 22.7 Å². The Hall–Kier alpha value is -3.14. The van der Waals surface area contributed by atoms with Gasteiger partial charge in [-0.1, -0.05) is 18.2 Å². The number of benzene rings is 1. The average Bonchev–Trinajstić information content (AvgIpc) is 3.33. The molecule has 0 radical (unpaired) electrons. The molecular formula is C23H26F3N3O4. The molecule has 0 bridgehead atoms. The number of aromatic nitrogens is 1. The number of carboxylic acids is 1. The van der Waals surface area contributed by atoms with Crippen LogP contribution in [0.4, 0.5) is 13.2 Å². The van der Waals surface area contributed by atoms with Crippen LogP contribution in [0, 0.1) is 5.41 Å². The Morgan fingerprint density at radius 2 is 1.88 bits per heavy atom. The molecule has 2 aromatic rings. The zero-order valence-electron chi connectivity index (χ0n) is 18.2. The monoisotopic (exact) mass is 465 g/mol. The lowest BCUT2D eigenvalue weighted by atomic mass is 9.85. The van der Waals surface area contributed by atoms with Crippen LogP contribution in [0.3, 0.4) is 0 Å². The van der Waals surface area contributed by atoms with Crippen LogP contribution >= 0.6 is 0 Å². The fraction of sp³-hybridized carbons (Fsp3) is 0.435. The van der Waals surface area contributed by atoms with Crippen molar-refractivity contribution in [2.45, 2.75) is 32.1 Å². The number of methoxy groups -OCH3 is 1. The maximum absolute atomic E-state index is 13.1. The number of rotatable bonds is 5. The number of amides is 1. The molecule has 1 aromatic heterocycles. The molecule has 0 aliphatic carbocycles. The molecule has 33 heavy (non-hydrogen) atoms. The van der Waals surface area contributed by atoms with Crippen LogP contribution in [0.5, 0.6) is 5.75 Å². The molecule has 4 rings (SSSR count). The number of aliphatic carboxylic acids is 1. The van der Waals surface area contributed by atoms with Gasteiger partial charge in [0.15, 0.2) is 0 Å². The van der Waals surface area contributed by atoms with Crippen LogP contribution in [-0.4, -0.2) is 64.7 Å². The first-order valence-corrected chi connectivity index (χ1v) is 10.5. The number of pyridine rings is 1. The van der Waals surface area contributed by atoms with Gasteiger partial charge in [0.2, 0.25) is 5.91 Å². The summed E-state index contributed by atoms with van der Waals surface area (Å²) < 4.78 is 37.0. The first-order valence-electron chi connectivity index (χ1n) is 10.5. The predicted octanol–water partition coefficient (Wildman–Crippen LogP) is 3.35. The molecule has 1 N–H and O–H groups in total. The molecule has 2 fully saturated rings. The first-order chi connectivity index (χ1) is 15.6. The van der Waals surface area contributed by atoms with Gasteiger partial charge in [-0.3, -0.25) is 14.7 Å². The van der Waals surface area contributed by atoms with Crippen molar-refractivity contribution in [2.24, 2.45) is 5.41 Å². The van der Waals surface area contributed by atoms with Crippen LogP contribution < -0.4 is 4.74 Å². The van der Waals surface area contributed by atoms with Crippen molar-refractivity contribution in [3.63, 3.8) is 0 Å². The third kappa shape index (κ3) is 6.22. The maximum atomic E-state index is 13.1. The second-order valence-corrected chi connectivity index (χ2v) is 8.19. The van der Waals surface area contributed by atoms with Crippen molar-refractivity contribution >= 4 is 11.9 Å². The van der Waals surface area contributed by atoms with E-state index < -0.39 is 12.1 Å². The number of likely N-dealkylation sites (tertiary alicyclic amines) is 2. The summed E-state index contributed by atoms with van der Waals surface area (Å²) in [4.78, 5) is 30.8. The largest absolute Gasteiger partial charge is 0.497 e. The summed E-state index contributed by atoms with van der Waals surface area (Å²) in [6.07, 6.45) is -1.35. The van der Waals surface area contributed by atoms with Gasteiger partial charge >= 0.3 is 12.1 Å². The lowest BCUT2D eigenvalue weighted by Gasteiger charge is -2.24. The molecule has 178 valence electrons. The molecule has 2 aliphatic rings. The van der Waals surface area contributed by atoms with Crippen LogP contribution in [0.2, 0.25) is 0 Å². The average molecular weight is 465 g/mol. The highest BCUT2D eigenvalue weighted by Gasteiger charge is 2.50. The minimum absolute atomic E-state index is 0.201. The molecule has 0 saturated carbocycles. The van der Waals surface area contributed by atoms with Gasteiger partial charge in [0.1, 0.15) is 5.75 Å². The third-order valence-electron chi connectivity index (χ3n) is 5.90. The van der Waals surface area contributed by atoms with Crippen molar-refractivity contribution in [3.8, 4) is 5.75 Å². The Morgan fingerprint density at radius 1 is 1.15 bits per heavy atom. The molecule has 1 aromatic carbocycles. The summed E-state index contributed by atoms with van der Waals surface area (Å²) in [5, 5.41) is 7.12. The van der Waals surface area contributed by atoms with E-state index in [9.17, 15) is 18.0 Å². The van der Waals surface area contributed by atoms with E-state index in [4.69, 9.17) is 14.6 Å². The zero-order chi connectivity index (χ0) is 24.1. The fourth-order valence-corrected chi connectivity index (χ4v) is 4.23. The van der Waals surface area contributed by atoms with E-state index >= 15 is 0 Å². The summed E-state index contributed by atoms with van der Waals surface area (Å²) in [7, 11) is 1.67. The van der Waals surface area contributed by atoms with Gasteiger partial charge < -0.3 is 14.7 Å². The summed E-state index contributed by atoms with van der Waals surface area (Å²) in [6.45, 7) is 4.14. The van der Waals surface area contributed by atoms with E-state index in [0.29, 0.717) is 12.5 Å². The van der Waals surface area contributed by atoms with E-state index in [1.807, 2.05) is 41.4 Å². The van der Waals surface area contributed by atoms with Crippen molar-refractivity contribution in [3.05, 3.63) is 59.9 Å². The van der Waals surface area contributed by atoms with Crippen LogP contribution in [0.15, 0.2) is 48.7 Å². The fourth-order valence-electron chi connectivity index (χ4n) is 4.23. The number of halogens is 3. The Bertz CT molecular complexity index is 971. The second kappa shape index (κ2) is 10.2. The normalized spacial score (nSPS) is 20.6. The summed E-state index contributed by atoms with van der Waals surface area (Å²) in [5.74, 6) is -1.61. The Kier molecular flexibility index (Phi) is 7.57. The van der Waals surface area contributed by atoms with Gasteiger partial charge in [-0.15, -0.1) is 0 Å². The number of hydrogen-bond acceptors (Lipinski definition) is 5.